The SMILES string of the molecule is COc1ccc(CNc2cnc(C3(C=O)CC3)cc2C(N)=O)cc1. The first kappa shape index (κ1) is 16.0. The Hall–Kier alpha value is -2.89. The van der Waals surface area contributed by atoms with Crippen molar-refractivity contribution in [1.82, 2.24) is 4.98 Å². The Labute approximate surface area is 140 Å². The van der Waals surface area contributed by atoms with Gasteiger partial charge in [0.2, 0.25) is 0 Å². The molecule has 0 radical (unpaired) electrons. The Kier molecular flexibility index (Phi) is 4.20. The van der Waals surface area contributed by atoms with Crippen LogP contribution < -0.4 is 15.8 Å². The second kappa shape index (κ2) is 6.31. The Bertz CT molecular complexity index is 768. The molecule has 2 aromatic rings. The Morgan fingerprint density at radius 3 is 2.62 bits per heavy atom. The van der Waals surface area contributed by atoms with Gasteiger partial charge >= 0.3 is 0 Å². The summed E-state index contributed by atoms with van der Waals surface area (Å²) in [4.78, 5) is 27.3. The molecule has 3 N–H and O–H groups in total. The second-order valence-corrected chi connectivity index (χ2v) is 5.95. The highest BCUT2D eigenvalue weighted by atomic mass is 16.5. The first-order chi connectivity index (χ1) is 11.6. The van der Waals surface area contributed by atoms with Crippen LogP contribution in [-0.4, -0.2) is 24.3 Å². The zero-order valence-electron chi connectivity index (χ0n) is 13.4. The molecule has 0 spiro atoms. The number of carbonyl (C=O) groups is 2. The molecular weight excluding hydrogens is 306 g/mol. The van der Waals surface area contributed by atoms with Crippen molar-refractivity contribution in [2.75, 3.05) is 12.4 Å². The molecule has 1 saturated carbocycles. The van der Waals surface area contributed by atoms with Gasteiger partial charge in [-0.25, -0.2) is 0 Å². The number of aromatic nitrogens is 1. The molecule has 1 fully saturated rings. The van der Waals surface area contributed by atoms with E-state index in [0.29, 0.717) is 23.5 Å². The summed E-state index contributed by atoms with van der Waals surface area (Å²) in [6, 6.07) is 9.23. The first-order valence-electron chi connectivity index (χ1n) is 7.71. The van der Waals surface area contributed by atoms with Gasteiger partial charge in [0.25, 0.3) is 5.91 Å². The van der Waals surface area contributed by atoms with E-state index in [1.54, 1.807) is 19.4 Å². The third kappa shape index (κ3) is 3.08. The lowest BCUT2D eigenvalue weighted by molar-refractivity contribution is -0.109. The summed E-state index contributed by atoms with van der Waals surface area (Å²) in [6.45, 7) is 0.518. The number of nitrogens with zero attached hydrogens (tertiary/aromatic N) is 1. The van der Waals surface area contributed by atoms with E-state index in [4.69, 9.17) is 10.5 Å². The molecule has 1 aliphatic rings. The molecule has 6 heteroatoms. The molecule has 1 amide bonds. The number of carbonyl (C=O) groups excluding carboxylic acids is 2. The number of methoxy groups -OCH3 is 1. The third-order valence-corrected chi connectivity index (χ3v) is 4.34. The summed E-state index contributed by atoms with van der Waals surface area (Å²) >= 11 is 0. The number of aldehydes is 1. The lowest BCUT2D eigenvalue weighted by Gasteiger charge is -2.13. The minimum atomic E-state index is -0.544. The summed E-state index contributed by atoms with van der Waals surface area (Å²) < 4.78 is 5.12. The quantitative estimate of drug-likeness (QED) is 0.760. The van der Waals surface area contributed by atoms with Crippen molar-refractivity contribution >= 4 is 17.9 Å². The van der Waals surface area contributed by atoms with Crippen LogP contribution in [0.15, 0.2) is 36.5 Å². The molecule has 3 rings (SSSR count). The fourth-order valence-corrected chi connectivity index (χ4v) is 2.58. The van der Waals surface area contributed by atoms with Gasteiger partial charge in [-0.15, -0.1) is 0 Å². The summed E-state index contributed by atoms with van der Waals surface area (Å²) in [6.07, 6.45) is 4.01. The second-order valence-electron chi connectivity index (χ2n) is 5.95. The molecular formula is C18H19N3O3. The predicted octanol–water partition coefficient (Wildman–Crippen LogP) is 2.03. The van der Waals surface area contributed by atoms with E-state index in [-0.39, 0.29) is 0 Å². The Balaban J connectivity index is 1.79. The predicted molar refractivity (Wildman–Crippen MR) is 90.1 cm³/mol. The number of anilines is 1. The first-order valence-corrected chi connectivity index (χ1v) is 7.71. The monoisotopic (exact) mass is 325 g/mol. The number of primary amides is 1. The molecule has 1 heterocycles. The highest BCUT2D eigenvalue weighted by Gasteiger charge is 2.46. The molecule has 0 aliphatic heterocycles. The van der Waals surface area contributed by atoms with Gasteiger partial charge < -0.3 is 20.6 Å². The maximum Gasteiger partial charge on any atom is 0.250 e. The highest BCUT2D eigenvalue weighted by molar-refractivity contribution is 5.98. The van der Waals surface area contributed by atoms with E-state index in [0.717, 1.165) is 30.4 Å². The molecule has 0 saturated heterocycles. The lowest BCUT2D eigenvalue weighted by atomic mass is 10.0. The third-order valence-electron chi connectivity index (χ3n) is 4.34. The van der Waals surface area contributed by atoms with Crippen LogP contribution in [-0.2, 0) is 16.8 Å². The lowest BCUT2D eigenvalue weighted by Crippen LogP contribution is -2.18. The summed E-state index contributed by atoms with van der Waals surface area (Å²) in [5, 5.41) is 3.17. The van der Waals surface area contributed by atoms with Gasteiger partial charge in [0.05, 0.1) is 35.7 Å². The summed E-state index contributed by atoms with van der Waals surface area (Å²) in [7, 11) is 1.62. The number of nitrogens with one attached hydrogen (secondary N) is 1. The van der Waals surface area contributed by atoms with Crippen molar-refractivity contribution < 1.29 is 14.3 Å². The van der Waals surface area contributed by atoms with Crippen molar-refractivity contribution in [2.24, 2.45) is 5.73 Å². The minimum Gasteiger partial charge on any atom is -0.497 e. The number of hydrogen-bond acceptors (Lipinski definition) is 5. The molecule has 1 aromatic carbocycles. The van der Waals surface area contributed by atoms with Crippen molar-refractivity contribution in [3.8, 4) is 5.75 Å². The largest absolute Gasteiger partial charge is 0.497 e. The van der Waals surface area contributed by atoms with Gasteiger partial charge in [-0.3, -0.25) is 9.78 Å². The Morgan fingerprint density at radius 1 is 1.38 bits per heavy atom. The van der Waals surface area contributed by atoms with E-state index in [1.807, 2.05) is 24.3 Å². The molecule has 0 bridgehead atoms. The average molecular weight is 325 g/mol. The molecule has 24 heavy (non-hydrogen) atoms. The van der Waals surface area contributed by atoms with E-state index >= 15 is 0 Å². The summed E-state index contributed by atoms with van der Waals surface area (Å²) in [5.74, 6) is 0.240. The van der Waals surface area contributed by atoms with Gasteiger partial charge in [-0.1, -0.05) is 12.1 Å². The number of nitrogens with two attached hydrogens (primary N) is 1. The fraction of sp³-hybridized carbons (Fsp3) is 0.278. The zero-order chi connectivity index (χ0) is 17.2. The van der Waals surface area contributed by atoms with Gasteiger partial charge in [0, 0.05) is 6.54 Å². The van der Waals surface area contributed by atoms with Crippen molar-refractivity contribution in [2.45, 2.75) is 24.8 Å². The molecule has 1 aromatic heterocycles. The smallest absolute Gasteiger partial charge is 0.250 e. The molecule has 1 aliphatic carbocycles. The van der Waals surface area contributed by atoms with Gasteiger partial charge in [-0.2, -0.15) is 0 Å². The van der Waals surface area contributed by atoms with Gasteiger partial charge in [0.15, 0.2) is 0 Å². The van der Waals surface area contributed by atoms with E-state index in [9.17, 15) is 9.59 Å². The van der Waals surface area contributed by atoms with Crippen LogP contribution in [0.5, 0.6) is 5.75 Å². The van der Waals surface area contributed by atoms with Gasteiger partial charge in [-0.05, 0) is 36.6 Å². The summed E-state index contributed by atoms with van der Waals surface area (Å²) in [5.41, 5.74) is 7.50. The van der Waals surface area contributed by atoms with Crippen LogP contribution in [0.25, 0.3) is 0 Å². The van der Waals surface area contributed by atoms with E-state index < -0.39 is 11.3 Å². The molecule has 6 nitrogen and oxygen atoms in total. The highest BCUT2D eigenvalue weighted by Crippen LogP contribution is 2.45. The van der Waals surface area contributed by atoms with Crippen molar-refractivity contribution in [1.29, 1.82) is 0 Å². The van der Waals surface area contributed by atoms with Crippen molar-refractivity contribution in [3.63, 3.8) is 0 Å². The number of ether oxygens (including phenoxy) is 1. The molecule has 124 valence electrons. The van der Waals surface area contributed by atoms with Crippen LogP contribution >= 0.6 is 0 Å². The van der Waals surface area contributed by atoms with Gasteiger partial charge in [0.1, 0.15) is 12.0 Å². The number of amides is 1. The minimum absolute atomic E-state index is 0.349. The fourth-order valence-electron chi connectivity index (χ4n) is 2.58. The number of hydrogen-bond donors (Lipinski definition) is 2. The zero-order valence-corrected chi connectivity index (χ0v) is 13.4. The van der Waals surface area contributed by atoms with E-state index in [1.165, 1.54) is 0 Å². The van der Waals surface area contributed by atoms with Crippen LogP contribution in [0, 0.1) is 0 Å². The average Bonchev–Trinajstić information content (AvgIpc) is 3.41. The standard InChI is InChI=1S/C18H19N3O3/c1-24-13-4-2-12(3-5-13)9-20-15-10-21-16(8-14(15)17(19)23)18(11-22)6-7-18/h2-5,8,10-11,20H,6-7,9H2,1H3,(H2,19,23). The number of pyridine rings is 1. The molecule has 0 unspecified atom stereocenters. The molecule has 0 atom stereocenters. The maximum absolute atomic E-state index is 11.8. The number of benzene rings is 1. The number of rotatable bonds is 7. The maximum atomic E-state index is 11.8. The van der Waals surface area contributed by atoms with Crippen molar-refractivity contribution in [3.05, 3.63) is 53.3 Å². The van der Waals surface area contributed by atoms with Crippen LogP contribution in [0.4, 0.5) is 5.69 Å². The Morgan fingerprint density at radius 2 is 2.08 bits per heavy atom. The van der Waals surface area contributed by atoms with Crippen LogP contribution in [0.1, 0.15) is 34.5 Å². The normalized spacial score (nSPS) is 14.7. The van der Waals surface area contributed by atoms with Crippen LogP contribution in [0.2, 0.25) is 0 Å². The topological polar surface area (TPSA) is 94.3 Å². The van der Waals surface area contributed by atoms with E-state index in [2.05, 4.69) is 10.3 Å². The van der Waals surface area contributed by atoms with Crippen LogP contribution in [0.3, 0.4) is 0 Å².